The van der Waals surface area contributed by atoms with Crippen LogP contribution in [-0.2, 0) is 6.61 Å². The number of ether oxygens (including phenoxy) is 3. The number of carbonyl (C=O) groups is 2. The lowest BCUT2D eigenvalue weighted by molar-refractivity contribution is 0.0696. The first-order chi connectivity index (χ1) is 17.4. The van der Waals surface area contributed by atoms with Crippen LogP contribution < -0.4 is 19.6 Å². The Labute approximate surface area is 218 Å². The van der Waals surface area contributed by atoms with Gasteiger partial charge in [-0.1, -0.05) is 35.0 Å². The van der Waals surface area contributed by atoms with E-state index in [1.54, 1.807) is 36.4 Å². The second-order valence-electron chi connectivity index (χ2n) is 7.62. The Morgan fingerprint density at radius 1 is 0.917 bits per heavy atom. The van der Waals surface area contributed by atoms with Crippen molar-refractivity contribution < 1.29 is 28.9 Å². The van der Waals surface area contributed by atoms with E-state index in [0.717, 1.165) is 16.5 Å². The summed E-state index contributed by atoms with van der Waals surface area (Å²) in [6.45, 7) is 5.12. The van der Waals surface area contributed by atoms with Crippen LogP contribution in [0.3, 0.4) is 0 Å². The molecule has 0 radical (unpaired) electrons. The molecule has 0 aliphatic rings. The molecule has 0 saturated carbocycles. The van der Waals surface area contributed by atoms with Gasteiger partial charge in [0.25, 0.3) is 5.91 Å². The molecule has 0 bridgehead atoms. The summed E-state index contributed by atoms with van der Waals surface area (Å²) in [6, 6.07) is 16.9. The standard InChI is InChI=1S/C27H27BrN2O6/c1-3-13-35-24-11-9-20(15-25(24)34-4-2)26(31)30-29-16-21-14-22(28)10-12-23(21)36-17-18-5-7-19(8-6-18)27(32)33/h5-12,14-16H,3-4,13,17H2,1-2H3,(H,30,31)(H,32,33)/b29-16+. The van der Waals surface area contributed by atoms with Gasteiger partial charge in [0.15, 0.2) is 11.5 Å². The predicted octanol–water partition coefficient (Wildman–Crippen LogP) is 5.68. The molecule has 9 heteroatoms. The van der Waals surface area contributed by atoms with E-state index in [0.29, 0.717) is 41.6 Å². The summed E-state index contributed by atoms with van der Waals surface area (Å²) in [4.78, 5) is 23.7. The summed E-state index contributed by atoms with van der Waals surface area (Å²) in [7, 11) is 0. The fourth-order valence-electron chi connectivity index (χ4n) is 3.13. The number of nitrogens with one attached hydrogen (secondary N) is 1. The van der Waals surface area contributed by atoms with Gasteiger partial charge in [0.05, 0.1) is 25.0 Å². The number of aromatic carboxylic acids is 1. The van der Waals surface area contributed by atoms with E-state index in [1.165, 1.54) is 18.3 Å². The average molecular weight is 555 g/mol. The van der Waals surface area contributed by atoms with Crippen LogP contribution >= 0.6 is 15.9 Å². The first kappa shape index (κ1) is 26.7. The van der Waals surface area contributed by atoms with Gasteiger partial charge in [-0.05, 0) is 67.4 Å². The van der Waals surface area contributed by atoms with Crippen molar-refractivity contribution in [2.75, 3.05) is 13.2 Å². The number of halogens is 1. The maximum absolute atomic E-state index is 12.7. The number of nitrogens with zero attached hydrogens (tertiary/aromatic N) is 1. The van der Waals surface area contributed by atoms with Crippen molar-refractivity contribution in [1.82, 2.24) is 5.43 Å². The second kappa shape index (κ2) is 13.3. The highest BCUT2D eigenvalue weighted by atomic mass is 79.9. The Balaban J connectivity index is 1.68. The van der Waals surface area contributed by atoms with Crippen LogP contribution in [-0.4, -0.2) is 36.4 Å². The zero-order valence-corrected chi connectivity index (χ0v) is 21.6. The molecule has 0 aromatic heterocycles. The molecular formula is C27H27BrN2O6. The summed E-state index contributed by atoms with van der Waals surface area (Å²) in [6.07, 6.45) is 2.36. The topological polar surface area (TPSA) is 106 Å². The number of rotatable bonds is 12. The predicted molar refractivity (Wildman–Crippen MR) is 140 cm³/mol. The van der Waals surface area contributed by atoms with Gasteiger partial charge in [-0.2, -0.15) is 5.10 Å². The normalized spacial score (nSPS) is 10.8. The van der Waals surface area contributed by atoms with E-state index in [-0.39, 0.29) is 12.2 Å². The quantitative estimate of drug-likeness (QED) is 0.220. The average Bonchev–Trinajstić information content (AvgIpc) is 2.87. The van der Waals surface area contributed by atoms with Crippen molar-refractivity contribution in [1.29, 1.82) is 0 Å². The molecule has 188 valence electrons. The number of hydrogen-bond acceptors (Lipinski definition) is 6. The van der Waals surface area contributed by atoms with E-state index < -0.39 is 11.9 Å². The largest absolute Gasteiger partial charge is 0.490 e. The molecule has 0 unspecified atom stereocenters. The molecule has 3 aromatic rings. The van der Waals surface area contributed by atoms with E-state index in [4.69, 9.17) is 19.3 Å². The Bertz CT molecular complexity index is 1230. The molecular weight excluding hydrogens is 528 g/mol. The van der Waals surface area contributed by atoms with Gasteiger partial charge in [0.2, 0.25) is 0 Å². The summed E-state index contributed by atoms with van der Waals surface area (Å²) in [5, 5.41) is 13.1. The molecule has 2 N–H and O–H groups in total. The van der Waals surface area contributed by atoms with Crippen molar-refractivity contribution >= 4 is 34.0 Å². The number of carboxylic acids is 1. The Morgan fingerprint density at radius 2 is 1.64 bits per heavy atom. The lowest BCUT2D eigenvalue weighted by atomic mass is 10.1. The van der Waals surface area contributed by atoms with Crippen LogP contribution in [0.4, 0.5) is 0 Å². The maximum Gasteiger partial charge on any atom is 0.335 e. The summed E-state index contributed by atoms with van der Waals surface area (Å²) < 4.78 is 18.0. The molecule has 0 fully saturated rings. The third kappa shape index (κ3) is 7.58. The molecule has 0 saturated heterocycles. The number of benzene rings is 3. The van der Waals surface area contributed by atoms with Crippen LogP contribution in [0.5, 0.6) is 17.2 Å². The van der Waals surface area contributed by atoms with Gasteiger partial charge in [-0.25, -0.2) is 10.2 Å². The number of carboxylic acid groups (broad SMARTS) is 1. The van der Waals surface area contributed by atoms with Crippen LogP contribution in [0.1, 0.15) is 52.1 Å². The molecule has 0 atom stereocenters. The maximum atomic E-state index is 12.7. The van der Waals surface area contributed by atoms with Crippen molar-refractivity contribution in [3.05, 3.63) is 87.4 Å². The van der Waals surface area contributed by atoms with Crippen molar-refractivity contribution in [3.8, 4) is 17.2 Å². The van der Waals surface area contributed by atoms with Crippen molar-refractivity contribution in [2.24, 2.45) is 5.10 Å². The molecule has 3 aromatic carbocycles. The molecule has 0 heterocycles. The third-order valence-electron chi connectivity index (χ3n) is 4.90. The second-order valence-corrected chi connectivity index (χ2v) is 8.53. The van der Waals surface area contributed by atoms with Gasteiger partial charge < -0.3 is 19.3 Å². The van der Waals surface area contributed by atoms with Crippen LogP contribution in [0.25, 0.3) is 0 Å². The molecule has 0 aliphatic heterocycles. The van der Waals surface area contributed by atoms with Gasteiger partial charge >= 0.3 is 5.97 Å². The number of hydrazone groups is 1. The monoisotopic (exact) mass is 554 g/mol. The molecule has 36 heavy (non-hydrogen) atoms. The van der Waals surface area contributed by atoms with Crippen LogP contribution in [0.2, 0.25) is 0 Å². The molecule has 1 amide bonds. The number of amides is 1. The Kier molecular flexibility index (Phi) is 9.88. The molecule has 8 nitrogen and oxygen atoms in total. The van der Waals surface area contributed by atoms with E-state index >= 15 is 0 Å². The Morgan fingerprint density at radius 3 is 2.33 bits per heavy atom. The van der Waals surface area contributed by atoms with Gasteiger partial charge in [-0.3, -0.25) is 4.79 Å². The minimum absolute atomic E-state index is 0.211. The smallest absolute Gasteiger partial charge is 0.335 e. The highest BCUT2D eigenvalue weighted by Gasteiger charge is 2.12. The van der Waals surface area contributed by atoms with Gasteiger partial charge in [0, 0.05) is 15.6 Å². The fourth-order valence-corrected chi connectivity index (χ4v) is 3.51. The van der Waals surface area contributed by atoms with Crippen LogP contribution in [0, 0.1) is 0 Å². The minimum atomic E-state index is -0.981. The first-order valence-electron chi connectivity index (χ1n) is 11.4. The van der Waals surface area contributed by atoms with E-state index in [9.17, 15) is 9.59 Å². The number of hydrogen-bond donors (Lipinski definition) is 2. The minimum Gasteiger partial charge on any atom is -0.490 e. The molecule has 0 spiro atoms. The first-order valence-corrected chi connectivity index (χ1v) is 12.2. The van der Waals surface area contributed by atoms with Crippen molar-refractivity contribution in [3.63, 3.8) is 0 Å². The summed E-state index contributed by atoms with van der Waals surface area (Å²) >= 11 is 3.43. The fraction of sp³-hybridized carbons (Fsp3) is 0.222. The molecule has 0 aliphatic carbocycles. The lowest BCUT2D eigenvalue weighted by Crippen LogP contribution is -2.18. The van der Waals surface area contributed by atoms with E-state index in [2.05, 4.69) is 26.5 Å². The van der Waals surface area contributed by atoms with E-state index in [1.807, 2.05) is 26.0 Å². The number of carbonyl (C=O) groups excluding carboxylic acids is 1. The zero-order valence-electron chi connectivity index (χ0n) is 20.0. The van der Waals surface area contributed by atoms with Crippen LogP contribution in [0.15, 0.2) is 70.2 Å². The van der Waals surface area contributed by atoms with Crippen molar-refractivity contribution in [2.45, 2.75) is 26.9 Å². The highest BCUT2D eigenvalue weighted by molar-refractivity contribution is 9.10. The zero-order chi connectivity index (χ0) is 25.9. The summed E-state index contributed by atoms with van der Waals surface area (Å²) in [5.74, 6) is 0.263. The van der Waals surface area contributed by atoms with Gasteiger partial charge in [-0.15, -0.1) is 0 Å². The van der Waals surface area contributed by atoms with Gasteiger partial charge in [0.1, 0.15) is 12.4 Å². The lowest BCUT2D eigenvalue weighted by Gasteiger charge is -2.12. The highest BCUT2D eigenvalue weighted by Crippen LogP contribution is 2.29. The third-order valence-corrected chi connectivity index (χ3v) is 5.40. The molecule has 3 rings (SSSR count). The SMILES string of the molecule is CCCOc1ccc(C(=O)N/N=C/c2cc(Br)ccc2OCc2ccc(C(=O)O)cc2)cc1OCC. The summed E-state index contributed by atoms with van der Waals surface area (Å²) in [5.41, 5.74) is 4.58. The Hall–Kier alpha value is -3.85.